The van der Waals surface area contributed by atoms with Gasteiger partial charge in [-0.2, -0.15) is 0 Å². The van der Waals surface area contributed by atoms with Gasteiger partial charge in [0.25, 0.3) is 0 Å². The number of halogens is 2. The number of ether oxygens (including phenoxy) is 1. The molecule has 142 valence electrons. The summed E-state index contributed by atoms with van der Waals surface area (Å²) in [4.78, 5) is 2.64. The van der Waals surface area contributed by atoms with Crippen molar-refractivity contribution < 1.29 is 4.74 Å². The lowest BCUT2D eigenvalue weighted by atomic mass is 9.86. The predicted octanol–water partition coefficient (Wildman–Crippen LogP) is 6.60. The summed E-state index contributed by atoms with van der Waals surface area (Å²) in [7, 11) is 0. The van der Waals surface area contributed by atoms with Crippen LogP contribution >= 0.6 is 23.2 Å². The Labute approximate surface area is 171 Å². The van der Waals surface area contributed by atoms with Crippen molar-refractivity contribution in [1.29, 1.82) is 0 Å². The molecular weight excluding hydrogens is 377 g/mol. The summed E-state index contributed by atoms with van der Waals surface area (Å²) in [6.45, 7) is 3.02. The fraction of sp³-hybridized carbons (Fsp3) is 0.391. The van der Waals surface area contributed by atoms with E-state index in [1.165, 1.54) is 50.8 Å². The van der Waals surface area contributed by atoms with E-state index >= 15 is 0 Å². The maximum atomic E-state index is 6.06. The highest BCUT2D eigenvalue weighted by molar-refractivity contribution is 6.42. The quantitative estimate of drug-likeness (QED) is 0.558. The number of benzene rings is 2. The molecule has 0 amide bonds. The first-order valence-electron chi connectivity index (χ1n) is 9.80. The van der Waals surface area contributed by atoms with Crippen molar-refractivity contribution in [2.45, 2.75) is 44.8 Å². The van der Waals surface area contributed by atoms with Gasteiger partial charge in [0.2, 0.25) is 0 Å². The lowest BCUT2D eigenvalue weighted by molar-refractivity contribution is 0.121. The third-order valence-electron chi connectivity index (χ3n) is 5.57. The smallest absolute Gasteiger partial charge is 0.119 e. The highest BCUT2D eigenvalue weighted by atomic mass is 35.5. The van der Waals surface area contributed by atoms with E-state index in [0.717, 1.165) is 11.3 Å². The zero-order valence-corrected chi connectivity index (χ0v) is 17.0. The van der Waals surface area contributed by atoms with Gasteiger partial charge in [0.15, 0.2) is 0 Å². The molecule has 2 nitrogen and oxygen atoms in total. The van der Waals surface area contributed by atoms with Crippen molar-refractivity contribution in [3.8, 4) is 5.75 Å². The molecule has 1 unspecified atom stereocenters. The van der Waals surface area contributed by atoms with Crippen LogP contribution in [-0.4, -0.2) is 24.0 Å². The molecule has 4 rings (SSSR count). The Balaban J connectivity index is 1.39. The Bertz CT molecular complexity index is 812. The van der Waals surface area contributed by atoms with Crippen LogP contribution in [0.3, 0.4) is 0 Å². The van der Waals surface area contributed by atoms with Crippen LogP contribution in [0.5, 0.6) is 5.75 Å². The van der Waals surface area contributed by atoms with Crippen molar-refractivity contribution in [2.24, 2.45) is 0 Å². The van der Waals surface area contributed by atoms with Gasteiger partial charge in [-0.25, -0.2) is 0 Å². The van der Waals surface area contributed by atoms with Gasteiger partial charge >= 0.3 is 0 Å². The van der Waals surface area contributed by atoms with E-state index in [2.05, 4.69) is 23.1 Å². The molecule has 27 heavy (non-hydrogen) atoms. The molecule has 2 fully saturated rings. The number of likely N-dealkylation sites (tertiary alicyclic amines) is 1. The van der Waals surface area contributed by atoms with Gasteiger partial charge < -0.3 is 4.74 Å². The molecule has 1 aliphatic carbocycles. The van der Waals surface area contributed by atoms with E-state index in [0.29, 0.717) is 22.7 Å². The molecule has 1 heterocycles. The van der Waals surface area contributed by atoms with E-state index < -0.39 is 0 Å². The fourth-order valence-electron chi connectivity index (χ4n) is 3.93. The minimum atomic E-state index is 0.481. The Morgan fingerprint density at radius 3 is 2.48 bits per heavy atom. The van der Waals surface area contributed by atoms with Gasteiger partial charge in [0.1, 0.15) is 12.4 Å². The minimum absolute atomic E-state index is 0.481. The van der Waals surface area contributed by atoms with Gasteiger partial charge in [-0.3, -0.25) is 4.90 Å². The highest BCUT2D eigenvalue weighted by Gasteiger charge is 2.28. The molecule has 1 saturated carbocycles. The highest BCUT2D eigenvalue weighted by Crippen LogP contribution is 2.32. The van der Waals surface area contributed by atoms with Crippen LogP contribution in [0.25, 0.3) is 6.08 Å². The summed E-state index contributed by atoms with van der Waals surface area (Å²) in [6, 6.07) is 14.6. The second-order valence-electron chi connectivity index (χ2n) is 7.48. The molecule has 2 aromatic carbocycles. The van der Waals surface area contributed by atoms with E-state index in [1.54, 1.807) is 11.6 Å². The number of rotatable bonds is 5. The molecule has 4 heteroatoms. The largest absolute Gasteiger partial charge is 0.489 e. The van der Waals surface area contributed by atoms with Gasteiger partial charge in [-0.15, -0.1) is 0 Å². The molecule has 0 spiro atoms. The Morgan fingerprint density at radius 2 is 1.78 bits per heavy atom. The molecule has 2 aliphatic rings. The molecule has 2 aromatic rings. The van der Waals surface area contributed by atoms with Gasteiger partial charge in [-0.05, 0) is 74.2 Å². The van der Waals surface area contributed by atoms with E-state index in [9.17, 15) is 0 Å². The van der Waals surface area contributed by atoms with Crippen LogP contribution in [0.2, 0.25) is 10.0 Å². The topological polar surface area (TPSA) is 12.5 Å². The van der Waals surface area contributed by atoms with E-state index in [1.807, 2.05) is 24.3 Å². The molecule has 0 bridgehead atoms. The van der Waals surface area contributed by atoms with Crippen LogP contribution < -0.4 is 4.74 Å². The second kappa shape index (κ2) is 8.68. The SMILES string of the molecule is Clc1ccc(COc2ccc(/C=C3\CCCCC3N3CCC3)cc2)cc1Cl. The summed E-state index contributed by atoms with van der Waals surface area (Å²) in [5.41, 5.74) is 3.87. The summed E-state index contributed by atoms with van der Waals surface area (Å²) in [6.07, 6.45) is 8.98. The monoisotopic (exact) mass is 401 g/mol. The average Bonchev–Trinajstić information content (AvgIpc) is 2.64. The Morgan fingerprint density at radius 1 is 0.963 bits per heavy atom. The van der Waals surface area contributed by atoms with Crippen molar-refractivity contribution >= 4 is 29.3 Å². The molecule has 0 radical (unpaired) electrons. The standard InChI is InChI=1S/C23H25Cl2NO/c24-21-11-8-18(15-22(21)25)16-27-20-9-6-17(7-10-20)14-19-4-1-2-5-23(19)26-12-3-13-26/h6-11,14-15,23H,1-5,12-13,16H2/b19-14+. The van der Waals surface area contributed by atoms with E-state index in [4.69, 9.17) is 27.9 Å². The van der Waals surface area contributed by atoms with Gasteiger partial charge in [0, 0.05) is 6.04 Å². The summed E-state index contributed by atoms with van der Waals surface area (Å²) in [5, 5.41) is 1.13. The van der Waals surface area contributed by atoms with Crippen molar-refractivity contribution in [1.82, 2.24) is 4.90 Å². The molecular formula is C23H25Cl2NO. The zero-order chi connectivity index (χ0) is 18.6. The van der Waals surface area contributed by atoms with Crippen LogP contribution in [-0.2, 0) is 6.61 Å². The van der Waals surface area contributed by atoms with Crippen LogP contribution in [0.4, 0.5) is 0 Å². The molecule has 1 atom stereocenters. The minimum Gasteiger partial charge on any atom is -0.489 e. The number of hydrogen-bond donors (Lipinski definition) is 0. The van der Waals surface area contributed by atoms with Crippen LogP contribution in [0.15, 0.2) is 48.0 Å². The third-order valence-corrected chi connectivity index (χ3v) is 6.31. The van der Waals surface area contributed by atoms with Crippen LogP contribution in [0.1, 0.15) is 43.2 Å². The maximum absolute atomic E-state index is 6.06. The average molecular weight is 402 g/mol. The summed E-state index contributed by atoms with van der Waals surface area (Å²) >= 11 is 12.0. The van der Waals surface area contributed by atoms with Gasteiger partial charge in [0.05, 0.1) is 10.0 Å². The third kappa shape index (κ3) is 4.68. The number of hydrogen-bond acceptors (Lipinski definition) is 2. The molecule has 1 saturated heterocycles. The maximum Gasteiger partial charge on any atom is 0.119 e. The number of nitrogens with zero attached hydrogens (tertiary/aromatic N) is 1. The van der Waals surface area contributed by atoms with Crippen molar-refractivity contribution in [2.75, 3.05) is 13.1 Å². The predicted molar refractivity (Wildman–Crippen MR) is 114 cm³/mol. The fourth-order valence-corrected chi connectivity index (χ4v) is 4.25. The molecule has 1 aliphatic heterocycles. The first kappa shape index (κ1) is 18.9. The molecule has 0 N–H and O–H groups in total. The van der Waals surface area contributed by atoms with Crippen molar-refractivity contribution in [3.63, 3.8) is 0 Å². The summed E-state index contributed by atoms with van der Waals surface area (Å²) in [5.74, 6) is 0.867. The van der Waals surface area contributed by atoms with Crippen molar-refractivity contribution in [3.05, 3.63) is 69.2 Å². The summed E-state index contributed by atoms with van der Waals surface area (Å²) < 4.78 is 5.89. The first-order chi connectivity index (χ1) is 13.2. The Hall–Kier alpha value is -1.48. The first-order valence-corrected chi connectivity index (χ1v) is 10.6. The second-order valence-corrected chi connectivity index (χ2v) is 8.29. The van der Waals surface area contributed by atoms with E-state index in [-0.39, 0.29) is 0 Å². The molecule has 0 aromatic heterocycles. The van der Waals surface area contributed by atoms with Crippen LogP contribution in [0, 0.1) is 0 Å². The normalized spacial score (nSPS) is 21.9. The van der Waals surface area contributed by atoms with Gasteiger partial charge in [-0.1, -0.05) is 59.5 Å². The Kier molecular flexibility index (Phi) is 6.07. The zero-order valence-electron chi connectivity index (χ0n) is 15.5. The lowest BCUT2D eigenvalue weighted by Gasteiger charge is -2.42. The lowest BCUT2D eigenvalue weighted by Crippen LogP contribution is -2.46.